The number of ketones is 1. The summed E-state index contributed by atoms with van der Waals surface area (Å²) < 4.78 is 1.96. The van der Waals surface area contributed by atoms with Crippen molar-refractivity contribution in [3.8, 4) is 0 Å². The fourth-order valence-electron chi connectivity index (χ4n) is 2.22. The quantitative estimate of drug-likeness (QED) is 0.775. The largest absolute Gasteiger partial charge is 0.310 e. The number of nitrogens with zero attached hydrogens (tertiary/aromatic N) is 2. The molecular formula is C15H21N3O. The third-order valence-electron chi connectivity index (χ3n) is 3.15. The number of aryl methyl sites for hydroxylation is 1. The van der Waals surface area contributed by atoms with Crippen LogP contribution in [0.2, 0.25) is 0 Å². The van der Waals surface area contributed by atoms with E-state index in [2.05, 4.69) is 30.3 Å². The summed E-state index contributed by atoms with van der Waals surface area (Å²) in [6.45, 7) is 6.29. The average Bonchev–Trinajstić information content (AvgIpc) is 2.77. The zero-order valence-corrected chi connectivity index (χ0v) is 11.6. The Bertz CT molecular complexity index is 560. The first-order chi connectivity index (χ1) is 9.26. The van der Waals surface area contributed by atoms with Gasteiger partial charge in [0.05, 0.1) is 24.2 Å². The summed E-state index contributed by atoms with van der Waals surface area (Å²) in [7, 11) is 0. The van der Waals surface area contributed by atoms with E-state index in [1.807, 2.05) is 22.9 Å². The predicted molar refractivity (Wildman–Crippen MR) is 77.3 cm³/mol. The highest BCUT2D eigenvalue weighted by molar-refractivity contribution is 5.89. The van der Waals surface area contributed by atoms with Crippen molar-refractivity contribution in [2.75, 3.05) is 13.1 Å². The smallest absolute Gasteiger partial charge is 0.152 e. The molecule has 0 bridgehead atoms. The van der Waals surface area contributed by atoms with Gasteiger partial charge in [0.1, 0.15) is 0 Å². The number of hydrogen-bond acceptors (Lipinski definition) is 3. The second-order valence-corrected chi connectivity index (χ2v) is 4.67. The zero-order valence-electron chi connectivity index (χ0n) is 11.6. The lowest BCUT2D eigenvalue weighted by Crippen LogP contribution is -2.25. The highest BCUT2D eigenvalue weighted by Gasteiger charge is 2.12. The van der Waals surface area contributed by atoms with Gasteiger partial charge in [0, 0.05) is 11.9 Å². The van der Waals surface area contributed by atoms with Crippen molar-refractivity contribution in [3.63, 3.8) is 0 Å². The highest BCUT2D eigenvalue weighted by Crippen LogP contribution is 2.18. The number of carbonyl (C=O) groups excluding carboxylic acids is 1. The minimum atomic E-state index is 0.194. The van der Waals surface area contributed by atoms with Crippen LogP contribution in [0.25, 0.3) is 10.9 Å². The van der Waals surface area contributed by atoms with Crippen LogP contribution in [0, 0.1) is 0 Å². The molecule has 19 heavy (non-hydrogen) atoms. The molecule has 1 aromatic heterocycles. The van der Waals surface area contributed by atoms with Crippen molar-refractivity contribution >= 4 is 16.7 Å². The summed E-state index contributed by atoms with van der Waals surface area (Å²) in [6.07, 6.45) is 1.45. The standard InChI is InChI=1S/C15H21N3O/c1-3-9-16-11-12(19)10-14-13-7-5-6-8-15(13)18(4-2)17-14/h5-8,16H,3-4,9-11H2,1-2H3. The van der Waals surface area contributed by atoms with Gasteiger partial charge in [-0.1, -0.05) is 25.1 Å². The molecule has 0 saturated carbocycles. The van der Waals surface area contributed by atoms with Gasteiger partial charge in [-0.25, -0.2) is 0 Å². The number of rotatable bonds is 7. The van der Waals surface area contributed by atoms with Gasteiger partial charge in [-0.05, 0) is 26.0 Å². The maximum absolute atomic E-state index is 11.9. The lowest BCUT2D eigenvalue weighted by molar-refractivity contribution is -0.117. The number of fused-ring (bicyclic) bond motifs is 1. The Labute approximate surface area is 113 Å². The first-order valence-electron chi connectivity index (χ1n) is 6.93. The lowest BCUT2D eigenvalue weighted by atomic mass is 10.1. The molecule has 2 rings (SSSR count). The average molecular weight is 259 g/mol. The molecule has 4 heteroatoms. The molecule has 0 spiro atoms. The monoisotopic (exact) mass is 259 g/mol. The van der Waals surface area contributed by atoms with Gasteiger partial charge in [-0.15, -0.1) is 0 Å². The number of para-hydroxylation sites is 1. The zero-order chi connectivity index (χ0) is 13.7. The Hall–Kier alpha value is -1.68. The topological polar surface area (TPSA) is 46.9 Å². The Balaban J connectivity index is 2.14. The van der Waals surface area contributed by atoms with Crippen LogP contribution < -0.4 is 5.32 Å². The van der Waals surface area contributed by atoms with Crippen molar-refractivity contribution in [2.45, 2.75) is 33.2 Å². The van der Waals surface area contributed by atoms with E-state index in [0.717, 1.165) is 36.1 Å². The van der Waals surface area contributed by atoms with Crippen molar-refractivity contribution < 1.29 is 4.79 Å². The molecule has 0 aliphatic heterocycles. The van der Waals surface area contributed by atoms with E-state index in [1.165, 1.54) is 0 Å². The van der Waals surface area contributed by atoms with E-state index in [9.17, 15) is 4.79 Å². The van der Waals surface area contributed by atoms with Crippen molar-refractivity contribution in [1.82, 2.24) is 15.1 Å². The van der Waals surface area contributed by atoms with Crippen molar-refractivity contribution in [2.24, 2.45) is 0 Å². The van der Waals surface area contributed by atoms with Gasteiger partial charge in [0.2, 0.25) is 0 Å². The number of Topliss-reactive ketones (excluding diaryl/α,β-unsaturated/α-hetero) is 1. The molecule has 4 nitrogen and oxygen atoms in total. The molecule has 1 N–H and O–H groups in total. The number of hydrogen-bond donors (Lipinski definition) is 1. The molecule has 102 valence electrons. The maximum Gasteiger partial charge on any atom is 0.152 e. The summed E-state index contributed by atoms with van der Waals surface area (Å²) in [5.74, 6) is 0.194. The van der Waals surface area contributed by atoms with Crippen LogP contribution in [-0.2, 0) is 17.8 Å². The molecule has 0 radical (unpaired) electrons. The van der Waals surface area contributed by atoms with Crippen LogP contribution in [0.5, 0.6) is 0 Å². The summed E-state index contributed by atoms with van der Waals surface area (Å²) in [5, 5.41) is 8.77. The molecule has 1 heterocycles. The molecule has 0 fully saturated rings. The Morgan fingerprint density at radius 1 is 1.32 bits per heavy atom. The van der Waals surface area contributed by atoms with E-state index in [0.29, 0.717) is 13.0 Å². The van der Waals surface area contributed by atoms with Gasteiger partial charge < -0.3 is 5.32 Å². The third-order valence-corrected chi connectivity index (χ3v) is 3.15. The van der Waals surface area contributed by atoms with Gasteiger partial charge in [0.25, 0.3) is 0 Å². The van der Waals surface area contributed by atoms with Crippen LogP contribution >= 0.6 is 0 Å². The second kappa shape index (κ2) is 6.48. The number of nitrogens with one attached hydrogen (secondary N) is 1. The summed E-state index contributed by atoms with van der Waals surface area (Å²) in [4.78, 5) is 11.9. The van der Waals surface area contributed by atoms with Crippen molar-refractivity contribution in [3.05, 3.63) is 30.0 Å². The Morgan fingerprint density at radius 3 is 2.84 bits per heavy atom. The molecule has 0 aliphatic carbocycles. The molecule has 0 amide bonds. The third kappa shape index (κ3) is 3.20. The Kier molecular flexibility index (Phi) is 4.68. The van der Waals surface area contributed by atoms with E-state index < -0.39 is 0 Å². The summed E-state index contributed by atoms with van der Waals surface area (Å²) in [6, 6.07) is 8.09. The second-order valence-electron chi connectivity index (χ2n) is 4.67. The minimum Gasteiger partial charge on any atom is -0.310 e. The van der Waals surface area contributed by atoms with Crippen LogP contribution in [0.15, 0.2) is 24.3 Å². The van der Waals surface area contributed by atoms with Crippen LogP contribution in [0.3, 0.4) is 0 Å². The molecule has 2 aromatic rings. The normalized spacial score (nSPS) is 11.1. The number of aromatic nitrogens is 2. The number of benzene rings is 1. The summed E-state index contributed by atoms with van der Waals surface area (Å²) in [5.41, 5.74) is 2.00. The lowest BCUT2D eigenvalue weighted by Gasteiger charge is -2.01. The SMILES string of the molecule is CCCNCC(=O)Cc1nn(CC)c2ccccc12. The van der Waals surface area contributed by atoms with Crippen molar-refractivity contribution in [1.29, 1.82) is 0 Å². The summed E-state index contributed by atoms with van der Waals surface area (Å²) >= 11 is 0. The fraction of sp³-hybridized carbons (Fsp3) is 0.467. The maximum atomic E-state index is 11.9. The van der Waals surface area contributed by atoms with Gasteiger partial charge >= 0.3 is 0 Å². The molecular weight excluding hydrogens is 238 g/mol. The fourth-order valence-corrected chi connectivity index (χ4v) is 2.22. The van der Waals surface area contributed by atoms with Crippen LogP contribution in [0.1, 0.15) is 26.0 Å². The van der Waals surface area contributed by atoms with Gasteiger partial charge in [-0.2, -0.15) is 5.10 Å². The molecule has 0 unspecified atom stereocenters. The highest BCUT2D eigenvalue weighted by atomic mass is 16.1. The predicted octanol–water partition coefficient (Wildman–Crippen LogP) is 2.17. The molecule has 0 saturated heterocycles. The first-order valence-corrected chi connectivity index (χ1v) is 6.93. The molecule has 0 atom stereocenters. The van der Waals surface area contributed by atoms with Gasteiger partial charge in [0.15, 0.2) is 5.78 Å². The molecule has 0 aliphatic rings. The van der Waals surface area contributed by atoms with Gasteiger partial charge in [-0.3, -0.25) is 9.48 Å². The van der Waals surface area contributed by atoms with Crippen LogP contribution in [-0.4, -0.2) is 28.7 Å². The van der Waals surface area contributed by atoms with Crippen LogP contribution in [0.4, 0.5) is 0 Å². The van der Waals surface area contributed by atoms with E-state index in [-0.39, 0.29) is 5.78 Å². The minimum absolute atomic E-state index is 0.194. The Morgan fingerprint density at radius 2 is 2.11 bits per heavy atom. The molecule has 1 aromatic carbocycles. The van der Waals surface area contributed by atoms with E-state index in [1.54, 1.807) is 0 Å². The number of carbonyl (C=O) groups is 1. The van der Waals surface area contributed by atoms with E-state index in [4.69, 9.17) is 0 Å². The first kappa shape index (κ1) is 13.7. The van der Waals surface area contributed by atoms with E-state index >= 15 is 0 Å².